The van der Waals surface area contributed by atoms with Gasteiger partial charge in [-0.2, -0.15) is 5.10 Å². The molecule has 2 heterocycles. The second kappa shape index (κ2) is 6.66. The first kappa shape index (κ1) is 15.9. The van der Waals surface area contributed by atoms with E-state index >= 15 is 0 Å². The molecular formula is C17H19N5O2. The molecule has 0 fully saturated rings. The number of aromatic nitrogens is 4. The Kier molecular flexibility index (Phi) is 4.41. The zero-order chi connectivity index (χ0) is 17.1. The third-order valence-electron chi connectivity index (χ3n) is 3.70. The van der Waals surface area contributed by atoms with Gasteiger partial charge in [-0.15, -0.1) is 0 Å². The van der Waals surface area contributed by atoms with Crippen molar-refractivity contribution in [2.75, 3.05) is 0 Å². The molecule has 1 aromatic carbocycles. The molecule has 1 atom stereocenters. The fourth-order valence-corrected chi connectivity index (χ4v) is 2.46. The highest BCUT2D eigenvalue weighted by molar-refractivity contribution is 5.92. The fraction of sp³-hybridized carbons (Fsp3) is 0.294. The summed E-state index contributed by atoms with van der Waals surface area (Å²) in [4.78, 5) is 31.7. The Bertz CT molecular complexity index is 895. The highest BCUT2D eigenvalue weighted by Crippen LogP contribution is 2.15. The molecule has 0 aliphatic carbocycles. The van der Waals surface area contributed by atoms with Gasteiger partial charge in [-0.25, -0.2) is 9.67 Å². The van der Waals surface area contributed by atoms with Gasteiger partial charge >= 0.3 is 0 Å². The molecule has 2 N–H and O–H groups in total. The Morgan fingerprint density at radius 1 is 1.29 bits per heavy atom. The second-order valence-electron chi connectivity index (χ2n) is 5.61. The van der Waals surface area contributed by atoms with Gasteiger partial charge in [-0.3, -0.25) is 9.59 Å². The van der Waals surface area contributed by atoms with E-state index in [1.165, 1.54) is 16.8 Å². The summed E-state index contributed by atoms with van der Waals surface area (Å²) in [5.41, 5.74) is 1.77. The van der Waals surface area contributed by atoms with Crippen LogP contribution in [0.4, 0.5) is 0 Å². The van der Waals surface area contributed by atoms with Crippen LogP contribution in [0.25, 0.3) is 11.0 Å². The molecule has 0 bridgehead atoms. The van der Waals surface area contributed by atoms with Crippen LogP contribution >= 0.6 is 0 Å². The second-order valence-corrected chi connectivity index (χ2v) is 5.61. The van der Waals surface area contributed by atoms with Crippen LogP contribution in [0.15, 0.2) is 41.2 Å². The number of rotatable bonds is 5. The van der Waals surface area contributed by atoms with Crippen LogP contribution in [-0.4, -0.2) is 25.7 Å². The number of nitrogens with zero attached hydrogens (tertiary/aromatic N) is 3. The first-order chi connectivity index (χ1) is 11.6. The summed E-state index contributed by atoms with van der Waals surface area (Å²) < 4.78 is 1.31. The third-order valence-corrected chi connectivity index (χ3v) is 3.70. The molecule has 124 valence electrons. The van der Waals surface area contributed by atoms with E-state index in [0.29, 0.717) is 12.4 Å². The maximum Gasteiger partial charge on any atom is 0.272 e. The molecule has 3 aromatic rings. The molecular weight excluding hydrogens is 306 g/mol. The Hall–Kier alpha value is -2.96. The summed E-state index contributed by atoms with van der Waals surface area (Å²) in [6, 6.07) is 10.2. The number of imidazole rings is 1. The molecule has 7 heteroatoms. The number of aromatic amines is 1. The zero-order valence-electron chi connectivity index (χ0n) is 13.6. The van der Waals surface area contributed by atoms with Gasteiger partial charge in [0.05, 0.1) is 17.1 Å². The maximum atomic E-state index is 12.4. The topological polar surface area (TPSA) is 92.7 Å². The average molecular weight is 325 g/mol. The van der Waals surface area contributed by atoms with Crippen molar-refractivity contribution in [3.63, 3.8) is 0 Å². The number of aryl methyl sites for hydroxylation is 1. The minimum absolute atomic E-state index is 0.210. The first-order valence-corrected chi connectivity index (χ1v) is 7.92. The number of hydrogen-bond donors (Lipinski definition) is 2. The SMILES string of the molecule is CCCn1nc(C(=O)N[C@@H](C)c2nc3ccccc3[nH]2)ccc1=O. The third kappa shape index (κ3) is 3.19. The Morgan fingerprint density at radius 2 is 2.08 bits per heavy atom. The van der Waals surface area contributed by atoms with Gasteiger partial charge in [0.1, 0.15) is 11.5 Å². The van der Waals surface area contributed by atoms with Crippen LogP contribution < -0.4 is 10.9 Å². The number of H-pyrrole nitrogens is 1. The molecule has 1 amide bonds. The summed E-state index contributed by atoms with van der Waals surface area (Å²) in [5, 5.41) is 6.96. The standard InChI is InChI=1S/C17H19N5O2/c1-3-10-22-15(23)9-8-14(21-22)17(24)18-11(2)16-19-12-6-4-5-7-13(12)20-16/h4-9,11H,3,10H2,1-2H3,(H,18,24)(H,19,20)/t11-/m0/s1. The van der Waals surface area contributed by atoms with Crippen LogP contribution in [0.5, 0.6) is 0 Å². The van der Waals surface area contributed by atoms with Crippen molar-refractivity contribution in [1.82, 2.24) is 25.1 Å². The van der Waals surface area contributed by atoms with Crippen LogP contribution in [0.2, 0.25) is 0 Å². The summed E-state index contributed by atoms with van der Waals surface area (Å²) in [7, 11) is 0. The molecule has 7 nitrogen and oxygen atoms in total. The lowest BCUT2D eigenvalue weighted by molar-refractivity contribution is 0.0930. The van der Waals surface area contributed by atoms with Crippen molar-refractivity contribution in [3.8, 4) is 0 Å². The van der Waals surface area contributed by atoms with Crippen LogP contribution in [0, 0.1) is 0 Å². The fourth-order valence-electron chi connectivity index (χ4n) is 2.46. The molecule has 0 saturated carbocycles. The summed E-state index contributed by atoms with van der Waals surface area (Å²) >= 11 is 0. The smallest absolute Gasteiger partial charge is 0.272 e. The first-order valence-electron chi connectivity index (χ1n) is 7.92. The van der Waals surface area contributed by atoms with E-state index in [0.717, 1.165) is 17.5 Å². The Morgan fingerprint density at radius 3 is 2.83 bits per heavy atom. The molecule has 0 aliphatic heterocycles. The Labute approximate surface area is 138 Å². The quantitative estimate of drug-likeness (QED) is 0.750. The number of hydrogen-bond acceptors (Lipinski definition) is 4. The molecule has 0 aliphatic rings. The number of carbonyl (C=O) groups excluding carboxylic acids is 1. The van der Waals surface area contributed by atoms with Gasteiger partial charge in [0, 0.05) is 12.6 Å². The van der Waals surface area contributed by atoms with Gasteiger partial charge < -0.3 is 10.3 Å². The lowest BCUT2D eigenvalue weighted by Gasteiger charge is -2.11. The normalized spacial score (nSPS) is 12.2. The molecule has 0 saturated heterocycles. The molecule has 0 radical (unpaired) electrons. The van der Waals surface area contributed by atoms with Gasteiger partial charge in [-0.05, 0) is 31.5 Å². The molecule has 0 unspecified atom stereocenters. The number of nitrogens with one attached hydrogen (secondary N) is 2. The van der Waals surface area contributed by atoms with E-state index in [1.54, 1.807) is 0 Å². The molecule has 0 spiro atoms. The van der Waals surface area contributed by atoms with E-state index in [-0.39, 0.29) is 23.2 Å². The van der Waals surface area contributed by atoms with Crippen molar-refractivity contribution in [2.24, 2.45) is 0 Å². The summed E-state index contributed by atoms with van der Waals surface area (Å²) in [6.45, 7) is 4.28. The van der Waals surface area contributed by atoms with Crippen LogP contribution in [-0.2, 0) is 6.54 Å². The highest BCUT2D eigenvalue weighted by atomic mass is 16.2. The minimum atomic E-state index is -0.340. The van der Waals surface area contributed by atoms with Crippen molar-refractivity contribution < 1.29 is 4.79 Å². The van der Waals surface area contributed by atoms with E-state index in [4.69, 9.17) is 0 Å². The number of para-hydroxylation sites is 2. The van der Waals surface area contributed by atoms with Gasteiger partial charge in [0.2, 0.25) is 0 Å². The van der Waals surface area contributed by atoms with E-state index in [2.05, 4.69) is 20.4 Å². The van der Waals surface area contributed by atoms with Gasteiger partial charge in [-0.1, -0.05) is 19.1 Å². The number of benzene rings is 1. The summed E-state index contributed by atoms with van der Waals surface area (Å²) in [5.74, 6) is 0.333. The van der Waals surface area contributed by atoms with Crippen molar-refractivity contribution in [3.05, 3.63) is 58.3 Å². The highest BCUT2D eigenvalue weighted by Gasteiger charge is 2.16. The molecule has 2 aromatic heterocycles. The lowest BCUT2D eigenvalue weighted by Crippen LogP contribution is -2.31. The number of carbonyl (C=O) groups is 1. The predicted octanol–water partition coefficient (Wildman–Crippen LogP) is 2.02. The van der Waals surface area contributed by atoms with Gasteiger partial charge in [0.25, 0.3) is 11.5 Å². The zero-order valence-corrected chi connectivity index (χ0v) is 13.6. The average Bonchev–Trinajstić information content (AvgIpc) is 3.01. The van der Waals surface area contributed by atoms with Crippen LogP contribution in [0.3, 0.4) is 0 Å². The Balaban J connectivity index is 1.78. The monoisotopic (exact) mass is 325 g/mol. The maximum absolute atomic E-state index is 12.4. The van der Waals surface area contributed by atoms with Gasteiger partial charge in [0.15, 0.2) is 0 Å². The largest absolute Gasteiger partial charge is 0.341 e. The number of fused-ring (bicyclic) bond motifs is 1. The minimum Gasteiger partial charge on any atom is -0.341 e. The van der Waals surface area contributed by atoms with Crippen LogP contribution in [0.1, 0.15) is 42.6 Å². The van der Waals surface area contributed by atoms with E-state index < -0.39 is 0 Å². The lowest BCUT2D eigenvalue weighted by atomic mass is 10.3. The van der Waals surface area contributed by atoms with E-state index in [1.807, 2.05) is 38.1 Å². The predicted molar refractivity (Wildman–Crippen MR) is 90.8 cm³/mol. The molecule has 24 heavy (non-hydrogen) atoms. The van der Waals surface area contributed by atoms with Crippen molar-refractivity contribution >= 4 is 16.9 Å². The van der Waals surface area contributed by atoms with Crippen molar-refractivity contribution in [2.45, 2.75) is 32.9 Å². The molecule has 3 rings (SSSR count). The van der Waals surface area contributed by atoms with E-state index in [9.17, 15) is 9.59 Å². The summed E-state index contributed by atoms with van der Waals surface area (Å²) in [6.07, 6.45) is 0.771. The number of amides is 1. The van der Waals surface area contributed by atoms with Crippen molar-refractivity contribution in [1.29, 1.82) is 0 Å².